The van der Waals surface area contributed by atoms with Crippen molar-refractivity contribution in [2.24, 2.45) is 0 Å². The normalized spacial score (nSPS) is 14.4. The second-order valence-electron chi connectivity index (χ2n) is 11.1. The molecule has 0 aliphatic heterocycles. The van der Waals surface area contributed by atoms with Crippen LogP contribution in [0.15, 0.2) is 0 Å². The highest BCUT2D eigenvalue weighted by atomic mass is 31.2. The number of hydrogen-bond donors (Lipinski definition) is 1. The van der Waals surface area contributed by atoms with E-state index in [0.29, 0.717) is 24.1 Å². The number of ether oxygens (including phenoxy) is 2. The molecule has 0 spiro atoms. The number of carbonyl (C=O) groups is 1. The van der Waals surface area contributed by atoms with Crippen molar-refractivity contribution in [1.29, 1.82) is 0 Å². The van der Waals surface area contributed by atoms with Gasteiger partial charge in [-0.3, -0.25) is 13.8 Å². The number of nitrogens with zero attached hydrogens (tertiary/aromatic N) is 1. The second kappa shape index (κ2) is 23.4. The lowest BCUT2D eigenvalue weighted by Gasteiger charge is -2.24. The molecule has 0 rings (SSSR count). The van der Waals surface area contributed by atoms with E-state index in [1.807, 2.05) is 21.1 Å². The number of phosphoric acid groups is 1. The van der Waals surface area contributed by atoms with E-state index in [4.69, 9.17) is 18.5 Å². The molecule has 0 aromatic heterocycles. The van der Waals surface area contributed by atoms with Crippen LogP contribution in [-0.2, 0) is 27.9 Å². The molecule has 0 aromatic rings. The van der Waals surface area contributed by atoms with Crippen LogP contribution in [0.5, 0.6) is 0 Å². The fourth-order valence-electron chi connectivity index (χ4n) is 3.78. The first-order valence-corrected chi connectivity index (χ1v) is 16.3. The molecule has 0 aromatic carbocycles. The highest BCUT2D eigenvalue weighted by molar-refractivity contribution is 7.47. The number of quaternary nitrogens is 1. The van der Waals surface area contributed by atoms with E-state index in [1.54, 1.807) is 0 Å². The molecule has 0 bridgehead atoms. The molecule has 222 valence electrons. The van der Waals surface area contributed by atoms with Crippen LogP contribution in [0.2, 0.25) is 0 Å². The average Bonchev–Trinajstić information content (AvgIpc) is 2.82. The highest BCUT2D eigenvalue weighted by Crippen LogP contribution is 2.43. The Hall–Kier alpha value is -0.500. The van der Waals surface area contributed by atoms with E-state index in [1.165, 1.54) is 64.2 Å². The number of hydrogen-bond acceptors (Lipinski definition) is 6. The Morgan fingerprint density at radius 1 is 0.730 bits per heavy atom. The Morgan fingerprint density at radius 2 is 1.24 bits per heavy atom. The molecule has 0 saturated heterocycles. The third kappa shape index (κ3) is 26.9. The molecule has 0 fully saturated rings. The summed E-state index contributed by atoms with van der Waals surface area (Å²) in [5, 5.41) is 0. The standard InChI is InChI=1S/C28H58NO7P/c1-6-8-10-12-14-16-18-20-23-33-25-27(26-35-37(31,32)34-24-22-29(3,4)5)36-28(30)21-19-17-15-13-11-9-7-2/h27H,6-26H2,1-5H3/p+1. The fourth-order valence-corrected chi connectivity index (χ4v) is 4.53. The minimum absolute atomic E-state index is 0.0922. The van der Waals surface area contributed by atoms with Gasteiger partial charge in [0.25, 0.3) is 0 Å². The van der Waals surface area contributed by atoms with Crippen molar-refractivity contribution in [2.45, 2.75) is 123 Å². The number of esters is 1. The van der Waals surface area contributed by atoms with Crippen molar-refractivity contribution in [1.82, 2.24) is 0 Å². The summed E-state index contributed by atoms with van der Waals surface area (Å²) in [6.07, 6.45) is 17.1. The first-order valence-electron chi connectivity index (χ1n) is 14.8. The molecule has 0 aliphatic carbocycles. The zero-order valence-electron chi connectivity index (χ0n) is 24.7. The summed E-state index contributed by atoms with van der Waals surface area (Å²) in [4.78, 5) is 22.4. The summed E-state index contributed by atoms with van der Waals surface area (Å²) in [7, 11) is 1.67. The number of carbonyl (C=O) groups excluding carboxylic acids is 1. The van der Waals surface area contributed by atoms with Gasteiger partial charge < -0.3 is 18.9 Å². The molecule has 9 heteroatoms. The Kier molecular flexibility index (Phi) is 23.1. The zero-order valence-corrected chi connectivity index (χ0v) is 25.6. The summed E-state index contributed by atoms with van der Waals surface area (Å²) in [5.74, 6) is -0.323. The molecule has 37 heavy (non-hydrogen) atoms. The minimum atomic E-state index is -4.24. The van der Waals surface area contributed by atoms with Crippen LogP contribution < -0.4 is 0 Å². The van der Waals surface area contributed by atoms with Crippen molar-refractivity contribution >= 4 is 13.8 Å². The van der Waals surface area contributed by atoms with Crippen molar-refractivity contribution in [2.75, 3.05) is 54.1 Å². The lowest BCUT2D eigenvalue weighted by molar-refractivity contribution is -0.870. The monoisotopic (exact) mass is 552 g/mol. The van der Waals surface area contributed by atoms with Crippen LogP contribution in [0.1, 0.15) is 117 Å². The summed E-state index contributed by atoms with van der Waals surface area (Å²) < 4.78 is 34.4. The van der Waals surface area contributed by atoms with Crippen LogP contribution in [-0.4, -0.2) is 75.6 Å². The largest absolute Gasteiger partial charge is 0.472 e. The Morgan fingerprint density at radius 3 is 1.78 bits per heavy atom. The van der Waals surface area contributed by atoms with Gasteiger partial charge in [0.2, 0.25) is 0 Å². The molecule has 8 nitrogen and oxygen atoms in total. The molecule has 0 aliphatic rings. The maximum absolute atomic E-state index is 12.4. The van der Waals surface area contributed by atoms with Crippen molar-refractivity contribution in [3.63, 3.8) is 0 Å². The molecular weight excluding hydrogens is 493 g/mol. The van der Waals surface area contributed by atoms with E-state index in [-0.39, 0.29) is 25.8 Å². The van der Waals surface area contributed by atoms with Gasteiger partial charge in [-0.2, -0.15) is 0 Å². The number of rotatable bonds is 27. The van der Waals surface area contributed by atoms with E-state index < -0.39 is 13.9 Å². The van der Waals surface area contributed by atoms with Gasteiger partial charge in [-0.1, -0.05) is 97.3 Å². The van der Waals surface area contributed by atoms with Crippen LogP contribution in [0.4, 0.5) is 0 Å². The van der Waals surface area contributed by atoms with Gasteiger partial charge in [0, 0.05) is 13.0 Å². The van der Waals surface area contributed by atoms with Gasteiger partial charge in [0.05, 0.1) is 34.4 Å². The number of phosphoric ester groups is 1. The highest BCUT2D eigenvalue weighted by Gasteiger charge is 2.26. The van der Waals surface area contributed by atoms with Gasteiger partial charge in [-0.25, -0.2) is 4.57 Å². The maximum Gasteiger partial charge on any atom is 0.472 e. The van der Waals surface area contributed by atoms with Crippen LogP contribution >= 0.6 is 7.82 Å². The van der Waals surface area contributed by atoms with Gasteiger partial charge in [0.15, 0.2) is 0 Å². The van der Waals surface area contributed by atoms with Crippen molar-refractivity contribution < 1.29 is 37.3 Å². The first kappa shape index (κ1) is 36.5. The Balaban J connectivity index is 4.40. The fraction of sp³-hybridized carbons (Fsp3) is 0.964. The molecule has 0 radical (unpaired) electrons. The van der Waals surface area contributed by atoms with Gasteiger partial charge in [0.1, 0.15) is 19.3 Å². The van der Waals surface area contributed by atoms with Gasteiger partial charge >= 0.3 is 13.8 Å². The summed E-state index contributed by atoms with van der Waals surface area (Å²) in [5.41, 5.74) is 0. The van der Waals surface area contributed by atoms with E-state index in [0.717, 1.165) is 32.1 Å². The summed E-state index contributed by atoms with van der Waals surface area (Å²) in [6, 6.07) is 0. The molecule has 0 saturated carbocycles. The first-order chi connectivity index (χ1) is 17.6. The van der Waals surface area contributed by atoms with Crippen molar-refractivity contribution in [3.8, 4) is 0 Å². The molecule has 0 amide bonds. The predicted octanol–water partition coefficient (Wildman–Crippen LogP) is 7.04. The Labute approximate surface area is 228 Å². The Bertz CT molecular complexity index is 583. The number of likely N-dealkylation sites (N-methyl/N-ethyl adjacent to an activating group) is 1. The lowest BCUT2D eigenvalue weighted by atomic mass is 10.1. The quantitative estimate of drug-likeness (QED) is 0.0506. The van der Waals surface area contributed by atoms with Crippen LogP contribution in [0, 0.1) is 0 Å². The average molecular weight is 553 g/mol. The lowest BCUT2D eigenvalue weighted by Crippen LogP contribution is -2.37. The van der Waals surface area contributed by atoms with Gasteiger partial charge in [-0.15, -0.1) is 0 Å². The molecular formula is C28H59NO7P+. The third-order valence-corrected chi connectivity index (χ3v) is 7.15. The zero-order chi connectivity index (χ0) is 27.8. The second-order valence-corrected chi connectivity index (χ2v) is 12.6. The summed E-state index contributed by atoms with van der Waals surface area (Å²) >= 11 is 0. The van der Waals surface area contributed by atoms with E-state index >= 15 is 0 Å². The van der Waals surface area contributed by atoms with E-state index in [9.17, 15) is 14.3 Å². The van der Waals surface area contributed by atoms with Crippen LogP contribution in [0.25, 0.3) is 0 Å². The molecule has 0 heterocycles. The van der Waals surface area contributed by atoms with Gasteiger partial charge in [-0.05, 0) is 12.8 Å². The third-order valence-electron chi connectivity index (χ3n) is 6.17. The van der Waals surface area contributed by atoms with E-state index in [2.05, 4.69) is 13.8 Å². The molecule has 1 N–H and O–H groups in total. The molecule has 2 unspecified atom stereocenters. The number of unbranched alkanes of at least 4 members (excludes halogenated alkanes) is 13. The van der Waals surface area contributed by atoms with Crippen LogP contribution in [0.3, 0.4) is 0 Å². The van der Waals surface area contributed by atoms with Crippen molar-refractivity contribution in [3.05, 3.63) is 0 Å². The SMILES string of the molecule is CCCCCCCCCCOCC(COP(=O)(O)OCC[N+](C)(C)C)OC(=O)CCCCCCCCC. The topological polar surface area (TPSA) is 91.3 Å². The minimum Gasteiger partial charge on any atom is -0.457 e. The summed E-state index contributed by atoms with van der Waals surface area (Å²) in [6.45, 7) is 5.54. The smallest absolute Gasteiger partial charge is 0.457 e. The predicted molar refractivity (Wildman–Crippen MR) is 151 cm³/mol. The molecule has 2 atom stereocenters. The maximum atomic E-state index is 12.4.